The summed E-state index contributed by atoms with van der Waals surface area (Å²) in [5, 5.41) is 24.2. The van der Waals surface area contributed by atoms with Crippen molar-refractivity contribution in [1.82, 2.24) is 0 Å². The maximum atomic E-state index is 12.6. The maximum absolute atomic E-state index is 12.6. The van der Waals surface area contributed by atoms with Crippen molar-refractivity contribution in [2.45, 2.75) is 121 Å². The van der Waals surface area contributed by atoms with Crippen molar-refractivity contribution in [2.24, 2.45) is 17.8 Å². The molecule has 0 amide bonds. The third-order valence-corrected chi connectivity index (χ3v) is 17.4. The highest BCUT2D eigenvalue weighted by molar-refractivity contribution is 7.86. The number of aryl methyl sites for hydroxylation is 1. The zero-order valence-corrected chi connectivity index (χ0v) is 35.6. The molecule has 298 valence electrons. The summed E-state index contributed by atoms with van der Waals surface area (Å²) >= 11 is 0. The van der Waals surface area contributed by atoms with Crippen LogP contribution in [0.2, 0.25) is 5.04 Å². The molecule has 3 aromatic carbocycles. The van der Waals surface area contributed by atoms with Gasteiger partial charge in [0.05, 0.1) is 29.3 Å². The highest BCUT2D eigenvalue weighted by Crippen LogP contribution is 2.43. The SMILES string of the molecule is CC[C@@H](CO[Si](c1ccccc1)(c1ccccc1)C(C)(C)C)[C@H]1OC(/C=C\C[C@@H](O)CC[C@](C)(O)COS(=O)(=O)c2ccc(C)cc2)(OC)[C@H](C)C[C@@H]1C. The first kappa shape index (κ1) is 44.0. The molecule has 2 N–H and O–H groups in total. The minimum Gasteiger partial charge on any atom is -0.407 e. The molecule has 10 heteroatoms. The second-order valence-electron chi connectivity index (χ2n) is 16.6. The molecule has 54 heavy (non-hydrogen) atoms. The van der Waals surface area contributed by atoms with Gasteiger partial charge in [0.25, 0.3) is 18.4 Å². The Balaban J connectivity index is 1.43. The molecule has 0 saturated carbocycles. The second-order valence-corrected chi connectivity index (χ2v) is 22.5. The summed E-state index contributed by atoms with van der Waals surface area (Å²) in [7, 11) is -5.09. The lowest BCUT2D eigenvalue weighted by atomic mass is 9.78. The van der Waals surface area contributed by atoms with Crippen LogP contribution in [0.1, 0.15) is 86.1 Å². The molecule has 0 aromatic heterocycles. The van der Waals surface area contributed by atoms with Crippen LogP contribution in [0.4, 0.5) is 0 Å². The molecule has 1 fully saturated rings. The average molecular weight is 781 g/mol. The van der Waals surface area contributed by atoms with Crippen LogP contribution in [0.15, 0.2) is 102 Å². The van der Waals surface area contributed by atoms with Crippen molar-refractivity contribution in [3.8, 4) is 0 Å². The van der Waals surface area contributed by atoms with Gasteiger partial charge in [-0.25, -0.2) is 0 Å². The maximum Gasteiger partial charge on any atom is 0.297 e. The van der Waals surface area contributed by atoms with Crippen LogP contribution in [0.5, 0.6) is 0 Å². The third-order valence-electron chi connectivity index (χ3n) is 11.1. The number of rotatable bonds is 18. The van der Waals surface area contributed by atoms with Gasteiger partial charge >= 0.3 is 0 Å². The molecule has 0 radical (unpaired) electrons. The Morgan fingerprint density at radius 3 is 2.06 bits per heavy atom. The molecule has 3 aromatic rings. The van der Waals surface area contributed by atoms with E-state index in [2.05, 4.69) is 102 Å². The highest BCUT2D eigenvalue weighted by Gasteiger charge is 2.52. The first-order valence-electron chi connectivity index (χ1n) is 19.4. The lowest BCUT2D eigenvalue weighted by Gasteiger charge is -2.49. The van der Waals surface area contributed by atoms with E-state index in [1.165, 1.54) is 29.4 Å². The number of aliphatic hydroxyl groups is 2. The normalized spacial score (nSPS) is 23.6. The zero-order valence-electron chi connectivity index (χ0n) is 33.8. The van der Waals surface area contributed by atoms with Crippen molar-refractivity contribution in [1.29, 1.82) is 0 Å². The predicted molar refractivity (Wildman–Crippen MR) is 219 cm³/mol. The third kappa shape index (κ3) is 10.6. The molecule has 7 atom stereocenters. The smallest absolute Gasteiger partial charge is 0.297 e. The van der Waals surface area contributed by atoms with E-state index in [0.29, 0.717) is 13.0 Å². The van der Waals surface area contributed by atoms with Gasteiger partial charge in [0.1, 0.15) is 0 Å². The Hall–Kier alpha value is -2.67. The van der Waals surface area contributed by atoms with Crippen LogP contribution in [0, 0.1) is 24.7 Å². The van der Waals surface area contributed by atoms with Crippen LogP contribution >= 0.6 is 0 Å². The number of aliphatic hydroxyl groups excluding tert-OH is 1. The minimum absolute atomic E-state index is 0.0361. The fraction of sp³-hybridized carbons (Fsp3) is 0.545. The summed E-state index contributed by atoms with van der Waals surface area (Å²) in [6.07, 6.45) is 5.42. The Labute approximate surface area is 326 Å². The topological polar surface area (TPSA) is 112 Å². The highest BCUT2D eigenvalue weighted by atomic mass is 32.2. The summed E-state index contributed by atoms with van der Waals surface area (Å²) in [6.45, 7) is 17.0. The standard InChI is InChI=1S/C44H64O8SSi/c1-10-36(31-51-54(42(5,6)7,39-19-13-11-14-20-39)40-21-15-12-16-22-40)41-34(3)30-35(4)44(49-9,52-41)28-17-18-37(45)27-29-43(8,46)32-50-53(47,48)38-25-23-33(2)24-26-38/h11-17,19-26,28,34-37,41,45-46H,10,18,27,29-32H2,1-9H3/b28-17-/t34-,35+,36-,37+,41-,43-,44?/m0/s1. The van der Waals surface area contributed by atoms with Gasteiger partial charge < -0.3 is 24.1 Å². The number of benzene rings is 3. The molecule has 1 aliphatic rings. The second kappa shape index (κ2) is 18.5. The van der Waals surface area contributed by atoms with Gasteiger partial charge in [-0.1, -0.05) is 126 Å². The molecular formula is C44H64O8SSi. The Morgan fingerprint density at radius 1 is 0.963 bits per heavy atom. The molecule has 0 bridgehead atoms. The van der Waals surface area contributed by atoms with Crippen LogP contribution in [-0.4, -0.2) is 70.9 Å². The molecular weight excluding hydrogens is 717 g/mol. The Morgan fingerprint density at radius 2 is 1.54 bits per heavy atom. The monoisotopic (exact) mass is 780 g/mol. The molecule has 1 aliphatic heterocycles. The first-order valence-corrected chi connectivity index (χ1v) is 22.7. The van der Waals surface area contributed by atoms with E-state index in [1.807, 2.05) is 19.1 Å². The number of ether oxygens (including phenoxy) is 2. The van der Waals surface area contributed by atoms with E-state index >= 15 is 0 Å². The summed E-state index contributed by atoms with van der Waals surface area (Å²) in [6, 6.07) is 27.8. The van der Waals surface area contributed by atoms with Crippen molar-refractivity contribution in [2.75, 3.05) is 20.3 Å². The first-order chi connectivity index (χ1) is 25.4. The van der Waals surface area contributed by atoms with Gasteiger partial charge in [-0.2, -0.15) is 8.42 Å². The molecule has 8 nitrogen and oxygen atoms in total. The number of hydrogen-bond donors (Lipinski definition) is 2. The largest absolute Gasteiger partial charge is 0.407 e. The van der Waals surface area contributed by atoms with Crippen molar-refractivity contribution >= 4 is 28.8 Å². The summed E-state index contributed by atoms with van der Waals surface area (Å²) in [5.74, 6) is -0.535. The molecule has 0 spiro atoms. The summed E-state index contributed by atoms with van der Waals surface area (Å²) < 4.78 is 51.0. The van der Waals surface area contributed by atoms with Crippen LogP contribution < -0.4 is 10.4 Å². The van der Waals surface area contributed by atoms with E-state index in [4.69, 9.17) is 18.1 Å². The van der Waals surface area contributed by atoms with Gasteiger partial charge in [-0.05, 0) is 85.5 Å². The molecule has 4 rings (SSSR count). The molecule has 0 aliphatic carbocycles. The van der Waals surface area contributed by atoms with Gasteiger partial charge in [0.15, 0.2) is 5.79 Å². The summed E-state index contributed by atoms with van der Waals surface area (Å²) in [4.78, 5) is 0.0361. The Kier molecular flexibility index (Phi) is 15.1. The van der Waals surface area contributed by atoms with E-state index in [-0.39, 0.29) is 46.6 Å². The van der Waals surface area contributed by atoms with Crippen LogP contribution in [-0.2, 0) is 28.2 Å². The predicted octanol–water partition coefficient (Wildman–Crippen LogP) is 7.55. The molecule has 1 heterocycles. The van der Waals surface area contributed by atoms with E-state index in [1.54, 1.807) is 19.2 Å². The zero-order chi connectivity index (χ0) is 39.8. The lowest BCUT2D eigenvalue weighted by molar-refractivity contribution is -0.287. The average Bonchev–Trinajstić information content (AvgIpc) is 3.14. The van der Waals surface area contributed by atoms with E-state index in [9.17, 15) is 18.6 Å². The van der Waals surface area contributed by atoms with Crippen molar-refractivity contribution < 1.29 is 36.7 Å². The van der Waals surface area contributed by atoms with Crippen molar-refractivity contribution in [3.63, 3.8) is 0 Å². The van der Waals surface area contributed by atoms with Crippen molar-refractivity contribution in [3.05, 3.63) is 103 Å². The minimum atomic E-state index is -4.02. The summed E-state index contributed by atoms with van der Waals surface area (Å²) in [5.41, 5.74) is -0.520. The van der Waals surface area contributed by atoms with Crippen LogP contribution in [0.3, 0.4) is 0 Å². The molecule has 1 saturated heterocycles. The lowest BCUT2D eigenvalue weighted by Crippen LogP contribution is -2.67. The number of hydrogen-bond acceptors (Lipinski definition) is 8. The van der Waals surface area contributed by atoms with Gasteiger partial charge in [0, 0.05) is 25.6 Å². The fourth-order valence-corrected chi connectivity index (χ4v) is 13.5. The van der Waals surface area contributed by atoms with E-state index < -0.39 is 42.5 Å². The van der Waals surface area contributed by atoms with E-state index in [0.717, 1.165) is 18.4 Å². The van der Waals surface area contributed by atoms with Crippen LogP contribution in [0.25, 0.3) is 0 Å². The quantitative estimate of drug-likeness (QED) is 0.0774. The fourth-order valence-electron chi connectivity index (χ4n) is 7.86. The number of methoxy groups -OCH3 is 1. The Bertz CT molecular complexity index is 1680. The van der Waals surface area contributed by atoms with Gasteiger partial charge in [-0.3, -0.25) is 4.18 Å². The molecule has 1 unspecified atom stereocenters. The van der Waals surface area contributed by atoms with Gasteiger partial charge in [-0.15, -0.1) is 0 Å². The van der Waals surface area contributed by atoms with Gasteiger partial charge in [0.2, 0.25) is 0 Å².